The highest BCUT2D eigenvalue weighted by Gasteiger charge is 2.52. The summed E-state index contributed by atoms with van der Waals surface area (Å²) in [6, 6.07) is 18.6. The normalized spacial score (nSPS) is 25.7. The summed E-state index contributed by atoms with van der Waals surface area (Å²) >= 11 is 0. The summed E-state index contributed by atoms with van der Waals surface area (Å²) in [5.41, 5.74) is 3.47. The van der Waals surface area contributed by atoms with Crippen molar-refractivity contribution in [2.45, 2.75) is 25.8 Å². The molecule has 0 radical (unpaired) electrons. The minimum atomic E-state index is -0.150. The molecule has 0 spiro atoms. The van der Waals surface area contributed by atoms with Crippen molar-refractivity contribution in [1.29, 1.82) is 0 Å². The Kier molecular flexibility index (Phi) is 4.53. The molecule has 2 amide bonds. The molecule has 5 nitrogen and oxygen atoms in total. The van der Waals surface area contributed by atoms with Crippen molar-refractivity contribution in [3.05, 3.63) is 60.2 Å². The Balaban J connectivity index is 1.20. The van der Waals surface area contributed by atoms with E-state index in [1.807, 2.05) is 46.2 Å². The summed E-state index contributed by atoms with van der Waals surface area (Å²) in [6.07, 6.45) is 1.59. The zero-order chi connectivity index (χ0) is 20.0. The summed E-state index contributed by atoms with van der Waals surface area (Å²) in [4.78, 5) is 32.4. The average Bonchev–Trinajstić information content (AvgIpc) is 3.49. The third-order valence-corrected chi connectivity index (χ3v) is 6.58. The quantitative estimate of drug-likeness (QED) is 0.811. The van der Waals surface area contributed by atoms with Crippen LogP contribution in [0.1, 0.15) is 18.9 Å². The van der Waals surface area contributed by atoms with Crippen LogP contribution in [-0.2, 0) is 16.0 Å². The van der Waals surface area contributed by atoms with Gasteiger partial charge in [0.15, 0.2) is 0 Å². The molecule has 1 saturated heterocycles. The van der Waals surface area contributed by atoms with Gasteiger partial charge in [-0.15, -0.1) is 0 Å². The van der Waals surface area contributed by atoms with Crippen molar-refractivity contribution in [2.75, 3.05) is 36.0 Å². The summed E-state index contributed by atoms with van der Waals surface area (Å²) in [5, 5.41) is 0. The number of carbonyl (C=O) groups excluding carboxylic acids is 2. The van der Waals surface area contributed by atoms with Crippen molar-refractivity contribution in [3.8, 4) is 0 Å². The molecule has 0 aromatic heterocycles. The van der Waals surface area contributed by atoms with Gasteiger partial charge in [0.2, 0.25) is 11.8 Å². The third-order valence-electron chi connectivity index (χ3n) is 6.58. The van der Waals surface area contributed by atoms with E-state index in [2.05, 4.69) is 30.0 Å². The number of hydrogen-bond acceptors (Lipinski definition) is 3. The molecule has 2 aromatic carbocycles. The average molecular weight is 389 g/mol. The van der Waals surface area contributed by atoms with E-state index >= 15 is 0 Å². The number of carbonyl (C=O) groups is 2. The Labute approximate surface area is 171 Å². The molecule has 5 rings (SSSR count). The number of anilines is 2. The van der Waals surface area contributed by atoms with Gasteiger partial charge in [-0.25, -0.2) is 0 Å². The van der Waals surface area contributed by atoms with E-state index < -0.39 is 0 Å². The van der Waals surface area contributed by atoms with E-state index in [-0.39, 0.29) is 29.7 Å². The van der Waals surface area contributed by atoms with Gasteiger partial charge in [0.1, 0.15) is 0 Å². The van der Waals surface area contributed by atoms with Gasteiger partial charge in [0.25, 0.3) is 0 Å². The van der Waals surface area contributed by atoms with E-state index in [9.17, 15) is 9.59 Å². The smallest absolute Gasteiger partial charge is 0.231 e. The SMILES string of the molecule is CC1Cc2ccccc2N1C(=O)C1CC1C(=O)N1CCN(c2ccccc2)CC1. The molecule has 2 heterocycles. The number of amides is 2. The third kappa shape index (κ3) is 3.28. The molecule has 150 valence electrons. The monoisotopic (exact) mass is 389 g/mol. The van der Waals surface area contributed by atoms with Gasteiger partial charge in [-0.3, -0.25) is 9.59 Å². The molecule has 5 heteroatoms. The predicted octanol–water partition coefficient (Wildman–Crippen LogP) is 2.95. The first-order chi connectivity index (χ1) is 14.1. The Hall–Kier alpha value is -2.82. The summed E-state index contributed by atoms with van der Waals surface area (Å²) in [7, 11) is 0. The molecule has 29 heavy (non-hydrogen) atoms. The summed E-state index contributed by atoms with van der Waals surface area (Å²) in [5.74, 6) is 0.00825. The van der Waals surface area contributed by atoms with Gasteiger partial charge in [-0.2, -0.15) is 0 Å². The number of hydrogen-bond donors (Lipinski definition) is 0. The number of benzene rings is 2. The topological polar surface area (TPSA) is 43.9 Å². The van der Waals surface area contributed by atoms with Crippen molar-refractivity contribution in [2.24, 2.45) is 11.8 Å². The lowest BCUT2D eigenvalue weighted by molar-refractivity contribution is -0.134. The molecule has 2 aliphatic heterocycles. The molecule has 2 aromatic rings. The van der Waals surface area contributed by atoms with Crippen LogP contribution in [0.25, 0.3) is 0 Å². The molecule has 0 bridgehead atoms. The molecule has 2 fully saturated rings. The van der Waals surface area contributed by atoms with E-state index in [4.69, 9.17) is 0 Å². The van der Waals surface area contributed by atoms with Gasteiger partial charge < -0.3 is 14.7 Å². The Bertz CT molecular complexity index is 921. The molecule has 3 atom stereocenters. The minimum absolute atomic E-state index is 0.128. The van der Waals surface area contributed by atoms with Crippen LogP contribution >= 0.6 is 0 Å². The number of rotatable bonds is 3. The van der Waals surface area contributed by atoms with E-state index in [1.165, 1.54) is 11.3 Å². The number of para-hydroxylation sites is 2. The van der Waals surface area contributed by atoms with Gasteiger partial charge in [-0.05, 0) is 43.5 Å². The highest BCUT2D eigenvalue weighted by molar-refractivity contribution is 6.02. The van der Waals surface area contributed by atoms with Crippen LogP contribution in [0.15, 0.2) is 54.6 Å². The van der Waals surface area contributed by atoms with Crippen molar-refractivity contribution >= 4 is 23.2 Å². The van der Waals surface area contributed by atoms with Gasteiger partial charge >= 0.3 is 0 Å². The largest absolute Gasteiger partial charge is 0.368 e. The predicted molar refractivity (Wildman–Crippen MR) is 114 cm³/mol. The lowest BCUT2D eigenvalue weighted by atomic mass is 10.1. The first-order valence-corrected chi connectivity index (χ1v) is 10.6. The van der Waals surface area contributed by atoms with Crippen molar-refractivity contribution in [1.82, 2.24) is 4.90 Å². The van der Waals surface area contributed by atoms with Crippen LogP contribution in [0.5, 0.6) is 0 Å². The number of nitrogens with zero attached hydrogens (tertiary/aromatic N) is 3. The lowest BCUT2D eigenvalue weighted by Crippen LogP contribution is -2.49. The molecule has 1 aliphatic carbocycles. The fourth-order valence-electron chi connectivity index (χ4n) is 4.88. The Morgan fingerprint density at radius 2 is 1.48 bits per heavy atom. The molecule has 3 aliphatic rings. The van der Waals surface area contributed by atoms with Crippen LogP contribution in [0, 0.1) is 11.8 Å². The molecule has 3 unspecified atom stereocenters. The van der Waals surface area contributed by atoms with Crippen LogP contribution in [-0.4, -0.2) is 48.9 Å². The Morgan fingerprint density at radius 1 is 0.828 bits per heavy atom. The first kappa shape index (κ1) is 18.2. The van der Waals surface area contributed by atoms with Gasteiger partial charge in [0.05, 0.1) is 11.8 Å². The maximum absolute atomic E-state index is 13.2. The van der Waals surface area contributed by atoms with Crippen molar-refractivity contribution < 1.29 is 9.59 Å². The molecule has 0 N–H and O–H groups in total. The van der Waals surface area contributed by atoms with Gasteiger partial charge in [-0.1, -0.05) is 36.4 Å². The highest BCUT2D eigenvalue weighted by atomic mass is 16.2. The zero-order valence-electron chi connectivity index (χ0n) is 16.8. The van der Waals surface area contributed by atoms with Crippen molar-refractivity contribution in [3.63, 3.8) is 0 Å². The maximum Gasteiger partial charge on any atom is 0.231 e. The number of fused-ring (bicyclic) bond motifs is 1. The standard InChI is InChI=1S/C24H27N3O2/c1-17-15-18-7-5-6-10-22(18)27(17)24(29)21-16-20(21)23(28)26-13-11-25(12-14-26)19-8-3-2-4-9-19/h2-10,17,20-21H,11-16H2,1H3. The zero-order valence-corrected chi connectivity index (χ0v) is 16.8. The molecular formula is C24H27N3O2. The van der Waals surface area contributed by atoms with Crippen LogP contribution in [0.2, 0.25) is 0 Å². The highest BCUT2D eigenvalue weighted by Crippen LogP contribution is 2.44. The van der Waals surface area contributed by atoms with Crippen LogP contribution < -0.4 is 9.80 Å². The van der Waals surface area contributed by atoms with Crippen LogP contribution in [0.4, 0.5) is 11.4 Å². The molecule has 1 saturated carbocycles. The summed E-state index contributed by atoms with van der Waals surface area (Å²) in [6.45, 7) is 5.25. The molecular weight excluding hydrogens is 362 g/mol. The van der Waals surface area contributed by atoms with E-state index in [0.29, 0.717) is 6.42 Å². The second-order valence-corrected chi connectivity index (χ2v) is 8.49. The Morgan fingerprint density at radius 3 is 2.24 bits per heavy atom. The van der Waals surface area contributed by atoms with E-state index in [1.54, 1.807) is 0 Å². The van der Waals surface area contributed by atoms with E-state index in [0.717, 1.165) is 38.3 Å². The fourth-order valence-corrected chi connectivity index (χ4v) is 4.88. The maximum atomic E-state index is 13.2. The fraction of sp³-hybridized carbons (Fsp3) is 0.417. The first-order valence-electron chi connectivity index (χ1n) is 10.6. The number of piperazine rings is 1. The van der Waals surface area contributed by atoms with Crippen LogP contribution in [0.3, 0.4) is 0 Å². The lowest BCUT2D eigenvalue weighted by Gasteiger charge is -2.36. The second kappa shape index (κ2) is 7.21. The second-order valence-electron chi connectivity index (χ2n) is 8.49. The van der Waals surface area contributed by atoms with Gasteiger partial charge in [0, 0.05) is 43.6 Å². The summed E-state index contributed by atoms with van der Waals surface area (Å²) < 4.78 is 0. The minimum Gasteiger partial charge on any atom is -0.368 e.